The van der Waals surface area contributed by atoms with Gasteiger partial charge in [-0.3, -0.25) is 0 Å². The third-order valence-electron chi connectivity index (χ3n) is 2.73. The Bertz CT molecular complexity index is 456. The SMILES string of the molecule is CCc1ccc(CC(N)c2sccc2C)s1. The molecule has 2 rings (SSSR count). The van der Waals surface area contributed by atoms with Crippen molar-refractivity contribution in [2.45, 2.75) is 32.7 Å². The van der Waals surface area contributed by atoms with Crippen LogP contribution in [0.1, 0.15) is 33.2 Å². The summed E-state index contributed by atoms with van der Waals surface area (Å²) in [5.41, 5.74) is 7.56. The number of nitrogens with two attached hydrogens (primary N) is 1. The summed E-state index contributed by atoms with van der Waals surface area (Å²) in [4.78, 5) is 4.17. The van der Waals surface area contributed by atoms with Crippen LogP contribution in [0, 0.1) is 6.92 Å². The molecular formula is C13H17NS2. The molecule has 2 aromatic heterocycles. The Morgan fingerprint density at radius 3 is 2.56 bits per heavy atom. The molecule has 1 unspecified atom stereocenters. The average Bonchev–Trinajstić information content (AvgIpc) is 2.86. The lowest BCUT2D eigenvalue weighted by molar-refractivity contribution is 0.741. The van der Waals surface area contributed by atoms with Crippen LogP contribution in [0.25, 0.3) is 0 Å². The molecule has 3 heteroatoms. The van der Waals surface area contributed by atoms with Gasteiger partial charge >= 0.3 is 0 Å². The van der Waals surface area contributed by atoms with Crippen molar-refractivity contribution in [3.63, 3.8) is 0 Å². The Kier molecular flexibility index (Phi) is 3.79. The Morgan fingerprint density at radius 1 is 1.25 bits per heavy atom. The largest absolute Gasteiger partial charge is 0.323 e. The van der Waals surface area contributed by atoms with Gasteiger partial charge in [-0.05, 0) is 42.5 Å². The first-order valence-electron chi connectivity index (χ1n) is 5.58. The van der Waals surface area contributed by atoms with Gasteiger partial charge in [0.2, 0.25) is 0 Å². The van der Waals surface area contributed by atoms with E-state index >= 15 is 0 Å². The standard InChI is InChI=1S/C13H17NS2/c1-3-10-4-5-11(16-10)8-12(14)13-9(2)6-7-15-13/h4-7,12H,3,8,14H2,1-2H3. The Balaban J connectivity index is 2.07. The molecule has 86 valence electrons. The fraction of sp³-hybridized carbons (Fsp3) is 0.385. The Morgan fingerprint density at radius 2 is 2.00 bits per heavy atom. The summed E-state index contributed by atoms with van der Waals surface area (Å²) in [7, 11) is 0. The topological polar surface area (TPSA) is 26.0 Å². The van der Waals surface area contributed by atoms with Crippen LogP contribution in [0.3, 0.4) is 0 Å². The number of thiophene rings is 2. The van der Waals surface area contributed by atoms with Gasteiger partial charge in [-0.2, -0.15) is 0 Å². The minimum Gasteiger partial charge on any atom is -0.323 e. The lowest BCUT2D eigenvalue weighted by atomic mass is 10.1. The Hall–Kier alpha value is -0.640. The van der Waals surface area contributed by atoms with Crippen LogP contribution < -0.4 is 5.73 Å². The molecule has 0 radical (unpaired) electrons. The van der Waals surface area contributed by atoms with E-state index in [0.717, 1.165) is 12.8 Å². The van der Waals surface area contributed by atoms with Crippen LogP contribution in [-0.4, -0.2) is 0 Å². The molecule has 0 amide bonds. The normalized spacial score (nSPS) is 12.9. The lowest BCUT2D eigenvalue weighted by Gasteiger charge is -2.09. The molecule has 2 heterocycles. The summed E-state index contributed by atoms with van der Waals surface area (Å²) >= 11 is 3.66. The molecule has 0 saturated carbocycles. The van der Waals surface area contributed by atoms with Crippen LogP contribution in [0.5, 0.6) is 0 Å². The monoisotopic (exact) mass is 251 g/mol. The van der Waals surface area contributed by atoms with Crippen LogP contribution in [0.2, 0.25) is 0 Å². The average molecular weight is 251 g/mol. The maximum atomic E-state index is 6.24. The van der Waals surface area contributed by atoms with Crippen molar-refractivity contribution < 1.29 is 0 Å². The van der Waals surface area contributed by atoms with Gasteiger partial charge in [0.15, 0.2) is 0 Å². The van der Waals surface area contributed by atoms with Crippen molar-refractivity contribution in [1.29, 1.82) is 0 Å². The molecule has 0 aliphatic carbocycles. The highest BCUT2D eigenvalue weighted by Gasteiger charge is 2.12. The van der Waals surface area contributed by atoms with Crippen LogP contribution >= 0.6 is 22.7 Å². The first kappa shape index (κ1) is 11.8. The minimum atomic E-state index is 0.156. The van der Waals surface area contributed by atoms with Gasteiger partial charge in [0, 0.05) is 27.1 Å². The molecule has 1 atom stereocenters. The van der Waals surface area contributed by atoms with Gasteiger partial charge in [0.25, 0.3) is 0 Å². The third kappa shape index (κ3) is 2.54. The van der Waals surface area contributed by atoms with Crippen molar-refractivity contribution >= 4 is 22.7 Å². The van der Waals surface area contributed by atoms with E-state index in [1.165, 1.54) is 20.2 Å². The number of aryl methyl sites for hydroxylation is 2. The van der Waals surface area contributed by atoms with Gasteiger partial charge < -0.3 is 5.73 Å². The van der Waals surface area contributed by atoms with Crippen molar-refractivity contribution in [3.05, 3.63) is 43.8 Å². The quantitative estimate of drug-likeness (QED) is 0.875. The Labute approximate surface area is 105 Å². The van der Waals surface area contributed by atoms with Gasteiger partial charge in [-0.25, -0.2) is 0 Å². The van der Waals surface area contributed by atoms with Crippen LogP contribution in [0.4, 0.5) is 0 Å². The number of rotatable bonds is 4. The predicted molar refractivity (Wildman–Crippen MR) is 73.4 cm³/mol. The second kappa shape index (κ2) is 5.13. The van der Waals surface area contributed by atoms with E-state index in [9.17, 15) is 0 Å². The molecule has 0 spiro atoms. The highest BCUT2D eigenvalue weighted by atomic mass is 32.1. The molecule has 0 saturated heterocycles. The first-order valence-corrected chi connectivity index (χ1v) is 7.27. The third-order valence-corrected chi connectivity index (χ3v) is 5.13. The molecule has 0 bridgehead atoms. The zero-order valence-electron chi connectivity index (χ0n) is 9.69. The van der Waals surface area contributed by atoms with E-state index < -0.39 is 0 Å². The molecule has 2 aromatic rings. The van der Waals surface area contributed by atoms with Crippen molar-refractivity contribution in [3.8, 4) is 0 Å². The molecular weight excluding hydrogens is 234 g/mol. The summed E-state index contributed by atoms with van der Waals surface area (Å²) < 4.78 is 0. The number of hydrogen-bond acceptors (Lipinski definition) is 3. The van der Waals surface area contributed by atoms with E-state index in [4.69, 9.17) is 5.73 Å². The summed E-state index contributed by atoms with van der Waals surface area (Å²) in [6.45, 7) is 4.33. The maximum absolute atomic E-state index is 6.24. The van der Waals surface area contributed by atoms with E-state index in [1.807, 2.05) is 11.3 Å². The fourth-order valence-electron chi connectivity index (χ4n) is 1.80. The van der Waals surface area contributed by atoms with Crippen LogP contribution in [0.15, 0.2) is 23.6 Å². The van der Waals surface area contributed by atoms with Gasteiger partial charge in [0.1, 0.15) is 0 Å². The lowest BCUT2D eigenvalue weighted by Crippen LogP contribution is -2.12. The van der Waals surface area contributed by atoms with Crippen molar-refractivity contribution in [1.82, 2.24) is 0 Å². The summed E-state index contributed by atoms with van der Waals surface area (Å²) in [5.74, 6) is 0. The van der Waals surface area contributed by atoms with Gasteiger partial charge in [-0.1, -0.05) is 6.92 Å². The van der Waals surface area contributed by atoms with Crippen molar-refractivity contribution in [2.75, 3.05) is 0 Å². The van der Waals surface area contributed by atoms with E-state index in [0.29, 0.717) is 0 Å². The second-order valence-corrected chi connectivity index (χ2v) is 6.20. The molecule has 1 nitrogen and oxygen atoms in total. The molecule has 0 aliphatic rings. The molecule has 0 fully saturated rings. The molecule has 2 N–H and O–H groups in total. The summed E-state index contributed by atoms with van der Waals surface area (Å²) in [5, 5.41) is 2.12. The van der Waals surface area contributed by atoms with Crippen LogP contribution in [-0.2, 0) is 12.8 Å². The summed E-state index contributed by atoms with van der Waals surface area (Å²) in [6.07, 6.45) is 2.09. The fourth-order valence-corrected chi connectivity index (χ4v) is 3.74. The van der Waals surface area contributed by atoms with E-state index in [2.05, 4.69) is 37.4 Å². The minimum absolute atomic E-state index is 0.156. The summed E-state index contributed by atoms with van der Waals surface area (Å²) in [6, 6.07) is 6.73. The molecule has 0 aliphatic heterocycles. The highest BCUT2D eigenvalue weighted by molar-refractivity contribution is 7.12. The zero-order valence-corrected chi connectivity index (χ0v) is 11.3. The zero-order chi connectivity index (χ0) is 11.5. The van der Waals surface area contributed by atoms with E-state index in [-0.39, 0.29) is 6.04 Å². The number of hydrogen-bond donors (Lipinski definition) is 1. The maximum Gasteiger partial charge on any atom is 0.0441 e. The second-order valence-electron chi connectivity index (χ2n) is 4.00. The molecule has 0 aromatic carbocycles. The first-order chi connectivity index (χ1) is 7.70. The van der Waals surface area contributed by atoms with Crippen molar-refractivity contribution in [2.24, 2.45) is 5.73 Å². The predicted octanol–water partition coefficient (Wildman–Crippen LogP) is 3.92. The molecule has 16 heavy (non-hydrogen) atoms. The van der Waals surface area contributed by atoms with E-state index in [1.54, 1.807) is 11.3 Å². The van der Waals surface area contributed by atoms with Gasteiger partial charge in [-0.15, -0.1) is 22.7 Å². The van der Waals surface area contributed by atoms with Gasteiger partial charge in [0.05, 0.1) is 0 Å². The highest BCUT2D eigenvalue weighted by Crippen LogP contribution is 2.27. The smallest absolute Gasteiger partial charge is 0.0441 e.